The van der Waals surface area contributed by atoms with Crippen LogP contribution in [0.5, 0.6) is 0 Å². The first kappa shape index (κ1) is 45.0. The van der Waals surface area contributed by atoms with E-state index in [1.165, 1.54) is 89.0 Å². The molecule has 0 saturated carbocycles. The summed E-state index contributed by atoms with van der Waals surface area (Å²) in [5, 5.41) is 4.54. The number of anilines is 3. The van der Waals surface area contributed by atoms with Gasteiger partial charge in [-0.15, -0.1) is 0 Å². The zero-order valence-electron chi connectivity index (χ0n) is 44.9. The average molecular weight is 1050 g/mol. The fourth-order valence-corrected chi connectivity index (χ4v) is 16.0. The van der Waals surface area contributed by atoms with Crippen LogP contribution in [0.3, 0.4) is 0 Å². The highest BCUT2D eigenvalue weighted by Gasteiger charge is 2.55. The summed E-state index contributed by atoms with van der Waals surface area (Å²) in [5.41, 5.74) is 30.1. The Kier molecular flexibility index (Phi) is 8.92. The third-order valence-corrected chi connectivity index (χ3v) is 19.1. The normalized spacial score (nSPS) is 14.0. The lowest BCUT2D eigenvalue weighted by Crippen LogP contribution is -2.27. The second-order valence-corrected chi connectivity index (χ2v) is 22.8. The van der Waals surface area contributed by atoms with Gasteiger partial charge < -0.3 is 13.7 Å². The molecule has 2 heterocycles. The first-order valence-electron chi connectivity index (χ1n) is 28.8. The summed E-state index contributed by atoms with van der Waals surface area (Å²) < 4.78 is 14.1. The van der Waals surface area contributed by atoms with Crippen LogP contribution in [0.2, 0.25) is 0 Å². The van der Waals surface area contributed by atoms with Crippen LogP contribution < -0.4 is 4.90 Å². The molecule has 13 aromatic carbocycles. The minimum absolute atomic E-state index is 0.664. The molecule has 0 atom stereocenters. The summed E-state index contributed by atoms with van der Waals surface area (Å²) in [6.07, 6.45) is 0. The lowest BCUT2D eigenvalue weighted by atomic mass is 9.70. The maximum absolute atomic E-state index is 7.05. The molecule has 19 rings (SSSR count). The molecule has 4 aliphatic carbocycles. The molecule has 15 aromatic rings. The van der Waals surface area contributed by atoms with E-state index in [-0.39, 0.29) is 0 Å². The summed E-state index contributed by atoms with van der Waals surface area (Å²) in [6.45, 7) is 0. The monoisotopic (exact) mass is 1050 g/mol. The van der Waals surface area contributed by atoms with Crippen LogP contribution in [-0.4, -0.2) is 0 Å². The standard InChI is InChI=1S/C80H47NO2/c1-4-22-48(23-5-1)61-46-69-73(75-59-32-14-20-38-71(59)82-77(61)75)57-42-40-51(44-67(57)79(69)63-34-16-10-28-53(63)54-29-11-17-35-64(54)79)81(50-26-8-3-9-27-50)52-41-43-58-68(45-52)80(65-36-18-12-30-55(65)56-31-13-19-37-66(56)80)70-47-62(49-24-6-2-7-25-49)78-76(74(58)70)60-33-15-21-39-72(60)83-78/h1-47H. The van der Waals surface area contributed by atoms with E-state index < -0.39 is 10.8 Å². The van der Waals surface area contributed by atoms with Crippen molar-refractivity contribution in [3.63, 3.8) is 0 Å². The van der Waals surface area contributed by atoms with Gasteiger partial charge in [-0.1, -0.05) is 224 Å². The van der Waals surface area contributed by atoms with Crippen molar-refractivity contribution >= 4 is 60.9 Å². The zero-order valence-corrected chi connectivity index (χ0v) is 44.9. The van der Waals surface area contributed by atoms with Gasteiger partial charge in [0.25, 0.3) is 0 Å². The number of rotatable bonds is 5. The van der Waals surface area contributed by atoms with E-state index in [9.17, 15) is 0 Å². The maximum Gasteiger partial charge on any atom is 0.143 e. The van der Waals surface area contributed by atoms with E-state index >= 15 is 0 Å². The Balaban J connectivity index is 0.913. The van der Waals surface area contributed by atoms with Crippen LogP contribution in [0, 0.1) is 0 Å². The Bertz CT molecular complexity index is 4870. The molecule has 2 aromatic heterocycles. The number of hydrogen-bond acceptors (Lipinski definition) is 3. The van der Waals surface area contributed by atoms with Crippen molar-refractivity contribution in [2.75, 3.05) is 4.90 Å². The fourth-order valence-electron chi connectivity index (χ4n) is 16.0. The molecule has 83 heavy (non-hydrogen) atoms. The summed E-state index contributed by atoms with van der Waals surface area (Å²) in [5.74, 6) is 0. The van der Waals surface area contributed by atoms with E-state index in [0.29, 0.717) is 0 Å². The first-order valence-corrected chi connectivity index (χ1v) is 28.8. The van der Waals surface area contributed by atoms with Crippen LogP contribution >= 0.6 is 0 Å². The number of para-hydroxylation sites is 3. The third kappa shape index (κ3) is 5.68. The largest absolute Gasteiger partial charge is 0.455 e. The van der Waals surface area contributed by atoms with Crippen LogP contribution in [-0.2, 0) is 10.8 Å². The highest BCUT2D eigenvalue weighted by atomic mass is 16.3. The summed E-state index contributed by atoms with van der Waals surface area (Å²) >= 11 is 0. The number of furan rings is 2. The molecule has 0 saturated heterocycles. The molecule has 2 spiro atoms. The quantitative estimate of drug-likeness (QED) is 0.172. The lowest BCUT2D eigenvalue weighted by Gasteiger charge is -2.33. The molecule has 3 nitrogen and oxygen atoms in total. The number of fused-ring (bicyclic) bond motifs is 28. The van der Waals surface area contributed by atoms with Crippen LogP contribution in [0.4, 0.5) is 17.1 Å². The highest BCUT2D eigenvalue weighted by molar-refractivity contribution is 6.21. The van der Waals surface area contributed by atoms with Gasteiger partial charge in [-0.3, -0.25) is 0 Å². The van der Waals surface area contributed by atoms with Gasteiger partial charge in [-0.05, 0) is 161 Å². The van der Waals surface area contributed by atoms with Crippen LogP contribution in [0.25, 0.3) is 111 Å². The molecule has 0 N–H and O–H groups in total. The third-order valence-electron chi connectivity index (χ3n) is 19.1. The smallest absolute Gasteiger partial charge is 0.143 e. The molecule has 0 bridgehead atoms. The van der Waals surface area contributed by atoms with E-state index in [0.717, 1.165) is 83.2 Å². The Morgan fingerprint density at radius 3 is 1.00 bits per heavy atom. The zero-order chi connectivity index (χ0) is 54.1. The minimum Gasteiger partial charge on any atom is -0.455 e. The first-order chi connectivity index (χ1) is 41.2. The predicted molar refractivity (Wildman–Crippen MR) is 339 cm³/mol. The van der Waals surface area contributed by atoms with Gasteiger partial charge in [-0.25, -0.2) is 0 Å². The molecule has 4 aliphatic rings. The molecule has 3 heteroatoms. The predicted octanol–water partition coefficient (Wildman–Crippen LogP) is 21.0. The van der Waals surface area contributed by atoms with Crippen molar-refractivity contribution in [2.45, 2.75) is 10.8 Å². The van der Waals surface area contributed by atoms with Crippen molar-refractivity contribution < 1.29 is 8.83 Å². The van der Waals surface area contributed by atoms with Gasteiger partial charge in [0.15, 0.2) is 0 Å². The Morgan fingerprint density at radius 1 is 0.241 bits per heavy atom. The molecule has 0 aliphatic heterocycles. The van der Waals surface area contributed by atoms with Crippen molar-refractivity contribution in [3.05, 3.63) is 330 Å². The second kappa shape index (κ2) is 16.4. The Hall–Kier alpha value is -10.7. The molecule has 0 radical (unpaired) electrons. The maximum atomic E-state index is 7.05. The van der Waals surface area contributed by atoms with Gasteiger partial charge in [0, 0.05) is 49.7 Å². The molecule has 0 unspecified atom stereocenters. The van der Waals surface area contributed by atoms with E-state index in [1.807, 2.05) is 0 Å². The molecular formula is C80H47NO2. The number of benzene rings is 13. The van der Waals surface area contributed by atoms with Crippen LogP contribution in [0.15, 0.2) is 294 Å². The Labute approximate surface area is 479 Å². The van der Waals surface area contributed by atoms with Gasteiger partial charge in [0.1, 0.15) is 22.3 Å². The van der Waals surface area contributed by atoms with Crippen molar-refractivity contribution in [1.29, 1.82) is 0 Å². The lowest BCUT2D eigenvalue weighted by molar-refractivity contribution is 0.669. The molecule has 0 fully saturated rings. The van der Waals surface area contributed by atoms with E-state index in [1.54, 1.807) is 0 Å². The van der Waals surface area contributed by atoms with Gasteiger partial charge in [-0.2, -0.15) is 0 Å². The second-order valence-electron chi connectivity index (χ2n) is 22.8. The topological polar surface area (TPSA) is 29.5 Å². The minimum atomic E-state index is -0.664. The van der Waals surface area contributed by atoms with Crippen LogP contribution in [0.1, 0.15) is 44.5 Å². The van der Waals surface area contributed by atoms with Gasteiger partial charge in [0.2, 0.25) is 0 Å². The Morgan fingerprint density at radius 2 is 0.590 bits per heavy atom. The number of nitrogens with zero attached hydrogens (tertiary/aromatic N) is 1. The summed E-state index contributed by atoms with van der Waals surface area (Å²) in [4.78, 5) is 2.50. The summed E-state index contributed by atoms with van der Waals surface area (Å²) in [7, 11) is 0. The van der Waals surface area contributed by atoms with E-state index in [4.69, 9.17) is 8.83 Å². The number of hydrogen-bond donors (Lipinski definition) is 0. The highest BCUT2D eigenvalue weighted by Crippen LogP contribution is 2.68. The molecule has 384 valence electrons. The molecule has 0 amide bonds. The summed E-state index contributed by atoms with van der Waals surface area (Å²) in [6, 6.07) is 106. The average Bonchev–Trinajstić information content (AvgIpc) is 1.76. The van der Waals surface area contributed by atoms with Gasteiger partial charge in [0.05, 0.1) is 10.8 Å². The SMILES string of the molecule is c1ccc(-c2cc3c(c4c2oc2ccccc24)-c2ccc(N(c4ccccc4)c4ccc5c(c4)C4(c6ccccc6-c6ccccc64)c4cc(-c6ccccc6)c6oc7ccccc7c6c4-5)cc2C32c3ccccc3-c3ccccc32)cc1. The fraction of sp³-hybridized carbons (Fsp3) is 0.0250. The van der Waals surface area contributed by atoms with Crippen molar-refractivity contribution in [3.8, 4) is 66.8 Å². The molecular weight excluding hydrogens is 1010 g/mol. The van der Waals surface area contributed by atoms with Crippen molar-refractivity contribution in [1.82, 2.24) is 0 Å². The van der Waals surface area contributed by atoms with Crippen molar-refractivity contribution in [2.24, 2.45) is 0 Å². The van der Waals surface area contributed by atoms with Gasteiger partial charge >= 0.3 is 0 Å². The van der Waals surface area contributed by atoms with E-state index in [2.05, 4.69) is 290 Å².